The molecule has 0 spiro atoms. The number of aldehydes is 1. The molecule has 2 aromatic heterocycles. The van der Waals surface area contributed by atoms with Gasteiger partial charge in [0.2, 0.25) is 0 Å². The Morgan fingerprint density at radius 1 is 1.29 bits per heavy atom. The van der Waals surface area contributed by atoms with Crippen molar-refractivity contribution >= 4 is 17.9 Å². The molecule has 4 nitrogen and oxygen atoms in total. The van der Waals surface area contributed by atoms with E-state index in [0.29, 0.717) is 6.29 Å². The van der Waals surface area contributed by atoms with Gasteiger partial charge in [0.25, 0.3) is 0 Å². The Labute approximate surface area is 123 Å². The Bertz CT molecular complexity index is 680. The highest BCUT2D eigenvalue weighted by Crippen LogP contribution is 2.38. The first-order valence-electron chi connectivity index (χ1n) is 5.91. The average molecular weight is 318 g/mol. The zero-order valence-electron chi connectivity index (χ0n) is 11.1. The fourth-order valence-corrected chi connectivity index (χ4v) is 1.88. The van der Waals surface area contributed by atoms with E-state index in [9.17, 15) is 18.0 Å². The van der Waals surface area contributed by atoms with Crippen LogP contribution in [0.25, 0.3) is 11.4 Å². The van der Waals surface area contributed by atoms with Crippen molar-refractivity contribution in [3.63, 3.8) is 0 Å². The summed E-state index contributed by atoms with van der Waals surface area (Å²) in [6, 6.07) is 2.93. The highest BCUT2D eigenvalue weighted by atomic mass is 35.5. The van der Waals surface area contributed by atoms with E-state index in [1.54, 1.807) is 0 Å². The minimum absolute atomic E-state index is 0.0529. The smallest absolute Gasteiger partial charge is 0.301 e. The second kappa shape index (κ2) is 5.14. The van der Waals surface area contributed by atoms with Crippen LogP contribution in [-0.2, 0) is 16.5 Å². The molecule has 0 saturated carbocycles. The molecule has 0 amide bonds. The number of alkyl halides is 3. The quantitative estimate of drug-likeness (QED) is 0.813. The molecule has 2 heterocycles. The summed E-state index contributed by atoms with van der Waals surface area (Å²) in [7, 11) is 0. The molecule has 0 aliphatic rings. The largest absolute Gasteiger partial charge is 0.420 e. The molecule has 0 aromatic carbocycles. The second-order valence-corrected chi connectivity index (χ2v) is 5.35. The molecule has 0 saturated heterocycles. The van der Waals surface area contributed by atoms with Crippen LogP contribution < -0.4 is 0 Å². The van der Waals surface area contributed by atoms with Crippen LogP contribution >= 0.6 is 11.6 Å². The lowest BCUT2D eigenvalue weighted by Gasteiger charge is -2.17. The van der Waals surface area contributed by atoms with Crippen LogP contribution in [0.5, 0.6) is 0 Å². The van der Waals surface area contributed by atoms with E-state index in [2.05, 4.69) is 10.1 Å². The summed E-state index contributed by atoms with van der Waals surface area (Å²) in [5, 5.41) is 3.92. The lowest BCUT2D eigenvalue weighted by Crippen LogP contribution is -2.28. The molecule has 112 valence electrons. The van der Waals surface area contributed by atoms with E-state index in [4.69, 9.17) is 11.6 Å². The van der Waals surface area contributed by atoms with Gasteiger partial charge in [0.05, 0.1) is 5.02 Å². The van der Waals surface area contributed by atoms with E-state index in [-0.39, 0.29) is 10.7 Å². The summed E-state index contributed by atoms with van der Waals surface area (Å²) >= 11 is 5.89. The molecule has 21 heavy (non-hydrogen) atoms. The van der Waals surface area contributed by atoms with Crippen molar-refractivity contribution in [2.24, 2.45) is 0 Å². The monoisotopic (exact) mass is 317 g/mol. The van der Waals surface area contributed by atoms with Gasteiger partial charge in [-0.2, -0.15) is 18.3 Å². The van der Waals surface area contributed by atoms with Crippen molar-refractivity contribution < 1.29 is 18.0 Å². The Morgan fingerprint density at radius 2 is 1.95 bits per heavy atom. The number of carbonyl (C=O) groups excluding carboxylic acids is 1. The zero-order valence-corrected chi connectivity index (χ0v) is 11.9. The second-order valence-electron chi connectivity index (χ2n) is 4.94. The van der Waals surface area contributed by atoms with Gasteiger partial charge < -0.3 is 4.79 Å². The Kier molecular flexibility index (Phi) is 3.79. The first kappa shape index (κ1) is 15.5. The van der Waals surface area contributed by atoms with Crippen molar-refractivity contribution in [1.82, 2.24) is 14.8 Å². The van der Waals surface area contributed by atoms with Gasteiger partial charge in [-0.1, -0.05) is 11.6 Å². The first-order valence-corrected chi connectivity index (χ1v) is 6.29. The van der Waals surface area contributed by atoms with Crippen molar-refractivity contribution in [3.05, 3.63) is 35.1 Å². The summed E-state index contributed by atoms with van der Waals surface area (Å²) < 4.78 is 40.4. The number of pyridine rings is 1. The molecule has 8 heteroatoms. The predicted octanol–water partition coefficient (Wildman–Crippen LogP) is 3.55. The van der Waals surface area contributed by atoms with Gasteiger partial charge in [-0.3, -0.25) is 9.67 Å². The molecule has 0 radical (unpaired) electrons. The van der Waals surface area contributed by atoms with Crippen LogP contribution in [0.3, 0.4) is 0 Å². The average Bonchev–Trinajstić information content (AvgIpc) is 2.85. The van der Waals surface area contributed by atoms with Crippen LogP contribution in [0.2, 0.25) is 5.02 Å². The maximum Gasteiger partial charge on any atom is 0.420 e. The number of halogens is 4. The van der Waals surface area contributed by atoms with Gasteiger partial charge >= 0.3 is 6.18 Å². The lowest BCUT2D eigenvalue weighted by atomic mass is 10.1. The number of aromatic nitrogens is 3. The molecule has 0 N–H and O–H groups in total. The Hall–Kier alpha value is -1.89. The lowest BCUT2D eigenvalue weighted by molar-refractivity contribution is -0.137. The van der Waals surface area contributed by atoms with Crippen molar-refractivity contribution in [1.29, 1.82) is 0 Å². The van der Waals surface area contributed by atoms with Crippen molar-refractivity contribution in [2.45, 2.75) is 25.6 Å². The summed E-state index contributed by atoms with van der Waals surface area (Å²) in [4.78, 5) is 14.9. The van der Waals surface area contributed by atoms with E-state index in [0.717, 1.165) is 10.9 Å². The fraction of sp³-hybridized carbons (Fsp3) is 0.308. The van der Waals surface area contributed by atoms with Crippen LogP contribution in [0.1, 0.15) is 19.4 Å². The maximum absolute atomic E-state index is 13.2. The highest BCUT2D eigenvalue weighted by Gasteiger charge is 2.39. The molecule has 0 fully saturated rings. The fourth-order valence-electron chi connectivity index (χ4n) is 1.67. The van der Waals surface area contributed by atoms with Gasteiger partial charge in [-0.15, -0.1) is 0 Å². The molecule has 0 bridgehead atoms. The number of carbonyl (C=O) groups is 1. The Morgan fingerprint density at radius 3 is 2.48 bits per heavy atom. The molecular weight excluding hydrogens is 307 g/mol. The summed E-state index contributed by atoms with van der Waals surface area (Å²) in [6.45, 7) is 2.91. The van der Waals surface area contributed by atoms with E-state index < -0.39 is 23.0 Å². The third kappa shape index (κ3) is 2.92. The van der Waals surface area contributed by atoms with Crippen LogP contribution in [0.4, 0.5) is 13.2 Å². The topological polar surface area (TPSA) is 47.8 Å². The van der Waals surface area contributed by atoms with Gasteiger partial charge in [0.1, 0.15) is 28.8 Å². The maximum atomic E-state index is 13.2. The van der Waals surface area contributed by atoms with Gasteiger partial charge in [-0.05, 0) is 26.0 Å². The number of nitrogens with zero attached hydrogens (tertiary/aromatic N) is 3. The number of rotatable bonds is 3. The summed E-state index contributed by atoms with van der Waals surface area (Å²) in [6.07, 6.45) is -2.00. The normalized spacial score (nSPS) is 12.5. The standard InChI is InChI=1S/C13H11ClF3N3O/c1-12(2,7-21)20-6-8(13(15,16)17)10(19-20)11-9(14)4-3-5-18-11/h3-7H,1-2H3. The van der Waals surface area contributed by atoms with Gasteiger partial charge in [-0.25, -0.2) is 0 Å². The molecule has 0 atom stereocenters. The molecule has 0 aliphatic carbocycles. The molecular formula is C13H11ClF3N3O. The van der Waals surface area contributed by atoms with E-state index in [1.165, 1.54) is 32.2 Å². The van der Waals surface area contributed by atoms with Crippen LogP contribution in [0.15, 0.2) is 24.5 Å². The SMILES string of the molecule is CC(C)(C=O)n1cc(C(F)(F)F)c(-c2ncccc2Cl)n1. The van der Waals surface area contributed by atoms with E-state index >= 15 is 0 Å². The third-order valence-electron chi connectivity index (χ3n) is 2.88. The van der Waals surface area contributed by atoms with Gasteiger partial charge in [0.15, 0.2) is 0 Å². The van der Waals surface area contributed by atoms with Crippen molar-refractivity contribution in [3.8, 4) is 11.4 Å². The van der Waals surface area contributed by atoms with Crippen LogP contribution in [-0.4, -0.2) is 21.1 Å². The van der Waals surface area contributed by atoms with Crippen molar-refractivity contribution in [2.75, 3.05) is 0 Å². The zero-order chi connectivity index (χ0) is 15.8. The minimum atomic E-state index is -4.63. The van der Waals surface area contributed by atoms with Gasteiger partial charge in [0, 0.05) is 12.4 Å². The van der Waals surface area contributed by atoms with Crippen LogP contribution in [0, 0.1) is 0 Å². The molecule has 0 aliphatic heterocycles. The summed E-state index contributed by atoms with van der Waals surface area (Å²) in [5.74, 6) is 0. The molecule has 0 unspecified atom stereocenters. The first-order chi connectivity index (χ1) is 9.66. The van der Waals surface area contributed by atoms with E-state index in [1.807, 2.05) is 0 Å². The predicted molar refractivity (Wildman–Crippen MR) is 70.9 cm³/mol. The minimum Gasteiger partial charge on any atom is -0.301 e. The molecule has 2 aromatic rings. The highest BCUT2D eigenvalue weighted by molar-refractivity contribution is 6.32. The molecule has 2 rings (SSSR count). The Balaban J connectivity index is 2.71. The number of hydrogen-bond donors (Lipinski definition) is 0. The third-order valence-corrected chi connectivity index (χ3v) is 3.19. The summed E-state index contributed by atoms with van der Waals surface area (Å²) in [5.41, 5.74) is -2.67. The number of hydrogen-bond acceptors (Lipinski definition) is 3.